The Morgan fingerprint density at radius 2 is 2.00 bits per heavy atom. The molecule has 1 atom stereocenters. The lowest BCUT2D eigenvalue weighted by atomic mass is 10.1. The fourth-order valence-electron chi connectivity index (χ4n) is 1.75. The lowest BCUT2D eigenvalue weighted by Gasteiger charge is -2.13. The molecule has 1 aromatic rings. The molecule has 1 unspecified atom stereocenters. The van der Waals surface area contributed by atoms with E-state index in [1.165, 1.54) is 12.1 Å². The van der Waals surface area contributed by atoms with Gasteiger partial charge >= 0.3 is 0 Å². The molecule has 92 valence electrons. The number of rotatable bonds is 7. The van der Waals surface area contributed by atoms with Crippen molar-refractivity contribution in [2.45, 2.75) is 38.6 Å². The Labute approximate surface area is 103 Å². The molecule has 0 bridgehead atoms. The molecule has 1 nitrogen and oxygen atoms in total. The Bertz CT molecular complexity index is 350. The Morgan fingerprint density at radius 3 is 2.65 bits per heavy atom. The molecule has 0 spiro atoms. The van der Waals surface area contributed by atoms with E-state index < -0.39 is 0 Å². The van der Waals surface area contributed by atoms with Gasteiger partial charge in [0.05, 0.1) is 0 Å². The van der Waals surface area contributed by atoms with Crippen molar-refractivity contribution in [2.75, 3.05) is 6.54 Å². The summed E-state index contributed by atoms with van der Waals surface area (Å²) in [5, 5.41) is 3.44. The van der Waals surface area contributed by atoms with Gasteiger partial charge in [-0.05, 0) is 50.4 Å². The second-order valence-corrected chi connectivity index (χ2v) is 4.35. The molecule has 2 heteroatoms. The minimum absolute atomic E-state index is 0.177. The molecule has 1 rings (SSSR count). The van der Waals surface area contributed by atoms with E-state index in [4.69, 9.17) is 6.42 Å². The van der Waals surface area contributed by atoms with Gasteiger partial charge in [0.25, 0.3) is 0 Å². The van der Waals surface area contributed by atoms with E-state index in [1.54, 1.807) is 0 Å². The first-order valence-electron chi connectivity index (χ1n) is 6.13. The summed E-state index contributed by atoms with van der Waals surface area (Å²) in [6.45, 7) is 3.13. The van der Waals surface area contributed by atoms with E-state index in [9.17, 15) is 4.39 Å². The quantitative estimate of drug-likeness (QED) is 0.563. The maximum Gasteiger partial charge on any atom is 0.123 e. The molecule has 1 aromatic carbocycles. The normalized spacial score (nSPS) is 12.1. The Balaban J connectivity index is 2.18. The fourth-order valence-corrected chi connectivity index (χ4v) is 1.75. The minimum atomic E-state index is -0.177. The molecule has 0 amide bonds. The average Bonchev–Trinajstić information content (AvgIpc) is 2.32. The summed E-state index contributed by atoms with van der Waals surface area (Å²) < 4.78 is 12.7. The van der Waals surface area contributed by atoms with Gasteiger partial charge in [-0.1, -0.05) is 12.1 Å². The number of hydrogen-bond donors (Lipinski definition) is 1. The molecule has 17 heavy (non-hydrogen) atoms. The summed E-state index contributed by atoms with van der Waals surface area (Å²) in [6.07, 6.45) is 9.15. The van der Waals surface area contributed by atoms with Crippen molar-refractivity contribution in [3.05, 3.63) is 35.6 Å². The van der Waals surface area contributed by atoms with Crippen LogP contribution >= 0.6 is 0 Å². The summed E-state index contributed by atoms with van der Waals surface area (Å²) in [4.78, 5) is 0. The maximum atomic E-state index is 12.7. The maximum absolute atomic E-state index is 12.7. The minimum Gasteiger partial charge on any atom is -0.314 e. The highest BCUT2D eigenvalue weighted by atomic mass is 19.1. The van der Waals surface area contributed by atoms with Gasteiger partial charge in [-0.2, -0.15) is 0 Å². The number of hydrogen-bond acceptors (Lipinski definition) is 1. The van der Waals surface area contributed by atoms with Crippen molar-refractivity contribution in [1.82, 2.24) is 5.32 Å². The smallest absolute Gasteiger partial charge is 0.123 e. The van der Waals surface area contributed by atoms with Crippen LogP contribution in [0.15, 0.2) is 24.3 Å². The van der Waals surface area contributed by atoms with E-state index >= 15 is 0 Å². The van der Waals surface area contributed by atoms with E-state index in [-0.39, 0.29) is 5.82 Å². The Kier molecular flexibility index (Phi) is 6.35. The molecule has 0 heterocycles. The number of halogens is 1. The first-order valence-corrected chi connectivity index (χ1v) is 6.13. The van der Waals surface area contributed by atoms with Gasteiger partial charge in [-0.3, -0.25) is 0 Å². The van der Waals surface area contributed by atoms with Crippen LogP contribution in [0.25, 0.3) is 0 Å². The van der Waals surface area contributed by atoms with Gasteiger partial charge < -0.3 is 5.32 Å². The molecule has 0 aromatic heterocycles. The van der Waals surface area contributed by atoms with Crippen molar-refractivity contribution in [2.24, 2.45) is 0 Å². The summed E-state index contributed by atoms with van der Waals surface area (Å²) in [7, 11) is 0. The van der Waals surface area contributed by atoms with Crippen molar-refractivity contribution in [3.8, 4) is 12.3 Å². The highest BCUT2D eigenvalue weighted by Crippen LogP contribution is 2.05. The second kappa shape index (κ2) is 7.86. The number of nitrogens with one attached hydrogen (secondary N) is 1. The van der Waals surface area contributed by atoms with Crippen LogP contribution in [-0.4, -0.2) is 12.6 Å². The van der Waals surface area contributed by atoms with Gasteiger partial charge in [0.1, 0.15) is 5.82 Å². The van der Waals surface area contributed by atoms with Crippen LogP contribution < -0.4 is 5.32 Å². The van der Waals surface area contributed by atoms with E-state index in [0.717, 1.165) is 37.8 Å². The van der Waals surface area contributed by atoms with E-state index in [0.29, 0.717) is 6.04 Å². The van der Waals surface area contributed by atoms with Gasteiger partial charge in [0, 0.05) is 12.5 Å². The van der Waals surface area contributed by atoms with Crippen molar-refractivity contribution in [1.29, 1.82) is 0 Å². The van der Waals surface area contributed by atoms with E-state index in [1.807, 2.05) is 12.1 Å². The van der Waals surface area contributed by atoms with Gasteiger partial charge in [-0.15, -0.1) is 12.3 Å². The zero-order valence-electron chi connectivity index (χ0n) is 10.4. The Morgan fingerprint density at radius 1 is 1.29 bits per heavy atom. The fraction of sp³-hybridized carbons (Fsp3) is 0.467. The van der Waals surface area contributed by atoms with Crippen LogP contribution in [0.4, 0.5) is 4.39 Å². The van der Waals surface area contributed by atoms with Crippen molar-refractivity contribution < 1.29 is 4.39 Å². The van der Waals surface area contributed by atoms with Crippen LogP contribution in [-0.2, 0) is 6.42 Å². The molecule has 0 saturated heterocycles. The number of benzene rings is 1. The number of unbranched alkanes of at least 4 members (excludes halogenated alkanes) is 2. The first kappa shape index (κ1) is 13.7. The molecule has 0 aliphatic heterocycles. The highest BCUT2D eigenvalue weighted by Gasteiger charge is 2.02. The molecule has 0 fully saturated rings. The van der Waals surface area contributed by atoms with Crippen molar-refractivity contribution in [3.63, 3.8) is 0 Å². The highest BCUT2D eigenvalue weighted by molar-refractivity contribution is 5.16. The third kappa shape index (κ3) is 6.09. The van der Waals surface area contributed by atoms with Gasteiger partial charge in [-0.25, -0.2) is 4.39 Å². The van der Waals surface area contributed by atoms with Crippen LogP contribution in [0.5, 0.6) is 0 Å². The van der Waals surface area contributed by atoms with Crippen LogP contribution in [0, 0.1) is 18.2 Å². The van der Waals surface area contributed by atoms with E-state index in [2.05, 4.69) is 18.2 Å². The molecule has 1 N–H and O–H groups in total. The molecule has 0 aliphatic carbocycles. The topological polar surface area (TPSA) is 12.0 Å². The lowest BCUT2D eigenvalue weighted by Crippen LogP contribution is -2.28. The third-order valence-corrected chi connectivity index (χ3v) is 2.70. The van der Waals surface area contributed by atoms with Gasteiger partial charge in [0.15, 0.2) is 0 Å². The summed E-state index contributed by atoms with van der Waals surface area (Å²) in [6, 6.07) is 7.10. The molecule has 0 radical (unpaired) electrons. The van der Waals surface area contributed by atoms with Crippen LogP contribution in [0.1, 0.15) is 31.7 Å². The zero-order valence-corrected chi connectivity index (χ0v) is 10.4. The lowest BCUT2D eigenvalue weighted by molar-refractivity contribution is 0.526. The van der Waals surface area contributed by atoms with Crippen LogP contribution in [0.3, 0.4) is 0 Å². The molecule has 0 aliphatic rings. The number of terminal acetylenes is 1. The first-order chi connectivity index (χ1) is 8.22. The van der Waals surface area contributed by atoms with Crippen molar-refractivity contribution >= 4 is 0 Å². The SMILES string of the molecule is C#CCCCCNC(C)Cc1ccc(F)cc1. The molecular weight excluding hydrogens is 213 g/mol. The largest absolute Gasteiger partial charge is 0.314 e. The third-order valence-electron chi connectivity index (χ3n) is 2.70. The predicted octanol–water partition coefficient (Wildman–Crippen LogP) is 3.15. The zero-order chi connectivity index (χ0) is 12.5. The van der Waals surface area contributed by atoms with Gasteiger partial charge in [0.2, 0.25) is 0 Å². The summed E-state index contributed by atoms with van der Waals surface area (Å²) >= 11 is 0. The second-order valence-electron chi connectivity index (χ2n) is 4.35. The average molecular weight is 233 g/mol. The molecule has 0 saturated carbocycles. The standard InChI is InChI=1S/C15H20FN/c1-3-4-5-6-11-17-13(2)12-14-7-9-15(16)10-8-14/h1,7-10,13,17H,4-6,11-12H2,2H3. The summed E-state index contributed by atoms with van der Waals surface area (Å²) in [5.74, 6) is 2.46. The summed E-state index contributed by atoms with van der Waals surface area (Å²) in [5.41, 5.74) is 1.16. The monoisotopic (exact) mass is 233 g/mol. The van der Waals surface area contributed by atoms with Crippen LogP contribution in [0.2, 0.25) is 0 Å². The Hall–Kier alpha value is -1.33. The predicted molar refractivity (Wildman–Crippen MR) is 70.3 cm³/mol. The molecular formula is C15H20FN.